The molecule has 0 atom stereocenters. The van der Waals surface area contributed by atoms with Gasteiger partial charge in [-0.05, 0) is 24.3 Å². The number of hydrogen-bond acceptors (Lipinski definition) is 6. The molecule has 8 heteroatoms. The number of aromatic nitrogens is 3. The Morgan fingerprint density at radius 1 is 1.04 bits per heavy atom. The minimum absolute atomic E-state index is 0.216. The van der Waals surface area contributed by atoms with Crippen LogP contribution in [0.1, 0.15) is 52.1 Å². The Balaban J connectivity index is 1.46. The van der Waals surface area contributed by atoms with E-state index in [0.717, 1.165) is 16.7 Å². The van der Waals surface area contributed by atoms with Crippen molar-refractivity contribution in [1.82, 2.24) is 19.7 Å². The van der Waals surface area contributed by atoms with Gasteiger partial charge in [0.25, 0.3) is 11.8 Å². The van der Waals surface area contributed by atoms with Gasteiger partial charge >= 0.3 is 0 Å². The minimum Gasteiger partial charge on any atom is -0.467 e. The normalized spacial score (nSPS) is 13.6. The lowest BCUT2D eigenvalue weighted by Crippen LogP contribution is -2.31. The van der Waals surface area contributed by atoms with Crippen molar-refractivity contribution in [2.75, 3.05) is 12.3 Å². The van der Waals surface area contributed by atoms with Gasteiger partial charge in [0.2, 0.25) is 0 Å². The Hall–Kier alpha value is -2.87. The molecule has 3 aromatic rings. The topological polar surface area (TPSA) is 81.2 Å². The number of carbonyl (C=O) groups is 2. The van der Waals surface area contributed by atoms with Gasteiger partial charge in [-0.2, -0.15) is 0 Å². The van der Waals surface area contributed by atoms with Crippen molar-refractivity contribution in [3.63, 3.8) is 0 Å². The molecule has 0 fully saturated rings. The van der Waals surface area contributed by atoms with Crippen LogP contribution in [0.15, 0.2) is 52.2 Å². The molecule has 1 aromatic carbocycles. The molecule has 28 heavy (non-hydrogen) atoms. The lowest BCUT2D eigenvalue weighted by Gasteiger charge is -2.14. The SMILES string of the molecule is CC(C)c1nnc(SCCN2C(=O)c3ccccc3C2=O)n1Cc1ccco1. The summed E-state index contributed by atoms with van der Waals surface area (Å²) < 4.78 is 7.49. The first-order valence-electron chi connectivity index (χ1n) is 9.09. The Bertz CT molecular complexity index is 975. The number of thioether (sulfide) groups is 1. The highest BCUT2D eigenvalue weighted by atomic mass is 32.2. The van der Waals surface area contributed by atoms with E-state index in [2.05, 4.69) is 24.0 Å². The zero-order valence-corrected chi connectivity index (χ0v) is 16.5. The first kappa shape index (κ1) is 18.5. The number of hydrogen-bond donors (Lipinski definition) is 0. The molecule has 0 saturated carbocycles. The van der Waals surface area contributed by atoms with Crippen LogP contribution in [0.2, 0.25) is 0 Å². The highest BCUT2D eigenvalue weighted by Crippen LogP contribution is 2.26. The monoisotopic (exact) mass is 396 g/mol. The summed E-state index contributed by atoms with van der Waals surface area (Å²) in [6, 6.07) is 10.7. The van der Waals surface area contributed by atoms with E-state index in [-0.39, 0.29) is 17.7 Å². The van der Waals surface area contributed by atoms with Gasteiger partial charge in [0.05, 0.1) is 23.9 Å². The lowest BCUT2D eigenvalue weighted by atomic mass is 10.1. The van der Waals surface area contributed by atoms with Crippen LogP contribution in [0.5, 0.6) is 0 Å². The minimum atomic E-state index is -0.235. The Morgan fingerprint density at radius 2 is 1.75 bits per heavy atom. The maximum Gasteiger partial charge on any atom is 0.261 e. The summed E-state index contributed by atoms with van der Waals surface area (Å²) in [4.78, 5) is 26.2. The molecule has 7 nitrogen and oxygen atoms in total. The molecule has 1 aliphatic heterocycles. The summed E-state index contributed by atoms with van der Waals surface area (Å²) in [7, 11) is 0. The smallest absolute Gasteiger partial charge is 0.261 e. The molecule has 0 bridgehead atoms. The highest BCUT2D eigenvalue weighted by Gasteiger charge is 2.34. The van der Waals surface area contributed by atoms with E-state index in [4.69, 9.17) is 4.42 Å². The van der Waals surface area contributed by atoms with Crippen molar-refractivity contribution in [3.8, 4) is 0 Å². The summed E-state index contributed by atoms with van der Waals surface area (Å²) in [5, 5.41) is 9.36. The summed E-state index contributed by atoms with van der Waals surface area (Å²) in [6.45, 7) is 5.00. The quantitative estimate of drug-likeness (QED) is 0.450. The molecule has 4 rings (SSSR count). The van der Waals surface area contributed by atoms with Crippen LogP contribution in [0.4, 0.5) is 0 Å². The van der Waals surface area contributed by atoms with Crippen molar-refractivity contribution in [2.45, 2.75) is 31.5 Å². The van der Waals surface area contributed by atoms with E-state index in [0.29, 0.717) is 30.0 Å². The molecular weight excluding hydrogens is 376 g/mol. The number of benzene rings is 1. The average Bonchev–Trinajstić information content (AvgIpc) is 3.39. The number of imide groups is 1. The van der Waals surface area contributed by atoms with Gasteiger partial charge in [0.1, 0.15) is 11.6 Å². The number of amides is 2. The van der Waals surface area contributed by atoms with Gasteiger partial charge in [-0.3, -0.25) is 19.1 Å². The van der Waals surface area contributed by atoms with Crippen molar-refractivity contribution >= 4 is 23.6 Å². The van der Waals surface area contributed by atoms with Crippen LogP contribution < -0.4 is 0 Å². The first-order valence-corrected chi connectivity index (χ1v) is 10.1. The van der Waals surface area contributed by atoms with Crippen LogP contribution in [-0.4, -0.2) is 43.8 Å². The fraction of sp³-hybridized carbons (Fsp3) is 0.300. The second kappa shape index (κ2) is 7.63. The predicted molar refractivity (Wildman–Crippen MR) is 104 cm³/mol. The van der Waals surface area contributed by atoms with Crippen molar-refractivity contribution < 1.29 is 14.0 Å². The van der Waals surface area contributed by atoms with Crippen LogP contribution in [0, 0.1) is 0 Å². The maximum absolute atomic E-state index is 12.5. The Labute approximate surface area is 166 Å². The third kappa shape index (κ3) is 3.35. The summed E-state index contributed by atoms with van der Waals surface area (Å²) in [5.74, 6) is 1.98. The number of fused-ring (bicyclic) bond motifs is 1. The van der Waals surface area contributed by atoms with Crippen LogP contribution in [-0.2, 0) is 6.54 Å². The van der Waals surface area contributed by atoms with Crippen molar-refractivity contribution in [3.05, 3.63) is 65.4 Å². The second-order valence-corrected chi connectivity index (χ2v) is 7.88. The zero-order valence-electron chi connectivity index (χ0n) is 15.7. The maximum atomic E-state index is 12.5. The van der Waals surface area contributed by atoms with Crippen LogP contribution >= 0.6 is 11.8 Å². The lowest BCUT2D eigenvalue weighted by molar-refractivity contribution is 0.0664. The standard InChI is InChI=1S/C20H20N4O3S/c1-13(2)17-21-22-20(24(17)12-14-6-5-10-27-14)28-11-9-23-18(25)15-7-3-4-8-16(15)19(23)26/h3-8,10,13H,9,11-12H2,1-2H3. The molecule has 0 N–H and O–H groups in total. The van der Waals surface area contributed by atoms with Gasteiger partial charge in [0.15, 0.2) is 5.16 Å². The molecule has 0 radical (unpaired) electrons. The van der Waals surface area contributed by atoms with E-state index in [9.17, 15) is 9.59 Å². The Kier molecular flexibility index (Phi) is 5.04. The number of furan rings is 1. The van der Waals surface area contributed by atoms with Crippen molar-refractivity contribution in [1.29, 1.82) is 0 Å². The highest BCUT2D eigenvalue weighted by molar-refractivity contribution is 7.99. The molecule has 0 spiro atoms. The average molecular weight is 396 g/mol. The third-order valence-corrected chi connectivity index (χ3v) is 5.53. The fourth-order valence-electron chi connectivity index (χ4n) is 3.21. The number of rotatable bonds is 7. The third-order valence-electron chi connectivity index (χ3n) is 4.58. The molecule has 2 amide bonds. The molecule has 144 valence electrons. The molecule has 0 unspecified atom stereocenters. The van der Waals surface area contributed by atoms with E-state index in [1.165, 1.54) is 16.7 Å². The van der Waals surface area contributed by atoms with E-state index < -0.39 is 0 Å². The van der Waals surface area contributed by atoms with E-state index in [1.54, 1.807) is 30.5 Å². The van der Waals surface area contributed by atoms with E-state index >= 15 is 0 Å². The molecule has 3 heterocycles. The van der Waals surface area contributed by atoms with Gasteiger partial charge in [-0.15, -0.1) is 10.2 Å². The predicted octanol–water partition coefficient (Wildman–Crippen LogP) is 3.43. The van der Waals surface area contributed by atoms with Crippen LogP contribution in [0.25, 0.3) is 0 Å². The Morgan fingerprint density at radius 3 is 2.36 bits per heavy atom. The van der Waals surface area contributed by atoms with Crippen molar-refractivity contribution in [2.24, 2.45) is 0 Å². The van der Waals surface area contributed by atoms with Gasteiger partial charge in [-0.25, -0.2) is 0 Å². The molecule has 2 aromatic heterocycles. The zero-order chi connectivity index (χ0) is 19.7. The summed E-state index contributed by atoms with van der Waals surface area (Å²) in [5.41, 5.74) is 0.946. The fourth-order valence-corrected chi connectivity index (χ4v) is 4.08. The number of nitrogens with zero attached hydrogens (tertiary/aromatic N) is 4. The van der Waals surface area contributed by atoms with Gasteiger partial charge in [-0.1, -0.05) is 37.7 Å². The molecule has 0 aliphatic carbocycles. The van der Waals surface area contributed by atoms with Gasteiger partial charge < -0.3 is 4.42 Å². The number of carbonyl (C=O) groups excluding carboxylic acids is 2. The molecule has 0 saturated heterocycles. The molecular formula is C20H20N4O3S. The van der Waals surface area contributed by atoms with Gasteiger partial charge in [0, 0.05) is 18.2 Å². The summed E-state index contributed by atoms with van der Waals surface area (Å²) >= 11 is 1.48. The first-order chi connectivity index (χ1) is 13.6. The second-order valence-electron chi connectivity index (χ2n) is 6.82. The summed E-state index contributed by atoms with van der Waals surface area (Å²) in [6.07, 6.45) is 1.64. The van der Waals surface area contributed by atoms with E-state index in [1.807, 2.05) is 16.7 Å². The molecule has 1 aliphatic rings. The largest absolute Gasteiger partial charge is 0.467 e. The van der Waals surface area contributed by atoms with Crippen LogP contribution in [0.3, 0.4) is 0 Å².